The number of hydrogen-bond donors (Lipinski definition) is 1. The number of allylic oxidation sites excluding steroid dienone is 1. The lowest BCUT2D eigenvalue weighted by molar-refractivity contribution is -0.139. The molecule has 1 aliphatic rings. The van der Waals surface area contributed by atoms with Crippen LogP contribution in [0.3, 0.4) is 0 Å². The lowest BCUT2D eigenvalue weighted by atomic mass is 9.95. The number of thiazole rings is 1. The fraction of sp³-hybridized carbons (Fsp3) is 0.250. The molecule has 1 N–H and O–H groups in total. The molecule has 3 heterocycles. The van der Waals surface area contributed by atoms with Crippen molar-refractivity contribution in [3.8, 4) is 22.8 Å². The standard InChI is InChI=1S/C32H29ClN2O8S/c1-5-40-24-12-9-19(15-25(24)41-6-2)28-27(31(39)42-7-3)17(4)34-32-35(28)29(36)26(44-32)16-20-10-13-23(43-20)18-8-11-22(33)21(14-18)30(37)38/h8-16,28H,5-7H2,1-4H3,(H,37,38)/b26-16-/t28-/m0/s1. The summed E-state index contributed by atoms with van der Waals surface area (Å²) in [4.78, 5) is 43.8. The fourth-order valence-electron chi connectivity index (χ4n) is 4.90. The molecule has 10 nitrogen and oxygen atoms in total. The molecule has 44 heavy (non-hydrogen) atoms. The molecule has 0 spiro atoms. The van der Waals surface area contributed by atoms with Crippen LogP contribution in [-0.2, 0) is 9.53 Å². The predicted molar refractivity (Wildman–Crippen MR) is 165 cm³/mol. The molecular weight excluding hydrogens is 608 g/mol. The quantitative estimate of drug-likeness (QED) is 0.235. The van der Waals surface area contributed by atoms with Crippen LogP contribution in [0.5, 0.6) is 11.5 Å². The second-order valence-corrected chi connectivity index (χ2v) is 11.0. The average Bonchev–Trinajstić information content (AvgIpc) is 3.58. The number of carbonyl (C=O) groups excluding carboxylic acids is 1. The third-order valence-corrected chi connectivity index (χ3v) is 8.09. The largest absolute Gasteiger partial charge is 0.490 e. The number of aromatic nitrogens is 1. The van der Waals surface area contributed by atoms with Crippen LogP contribution in [0.4, 0.5) is 0 Å². The van der Waals surface area contributed by atoms with E-state index < -0.39 is 18.0 Å². The van der Waals surface area contributed by atoms with Crippen LogP contribution in [0.15, 0.2) is 74.0 Å². The van der Waals surface area contributed by atoms with Gasteiger partial charge in [0.25, 0.3) is 5.56 Å². The number of ether oxygens (including phenoxy) is 3. The molecule has 0 saturated heterocycles. The third kappa shape index (κ3) is 5.93. The lowest BCUT2D eigenvalue weighted by Gasteiger charge is -2.25. The zero-order valence-electron chi connectivity index (χ0n) is 24.4. The van der Waals surface area contributed by atoms with E-state index in [1.54, 1.807) is 56.3 Å². The first-order valence-corrected chi connectivity index (χ1v) is 15.1. The van der Waals surface area contributed by atoms with E-state index in [2.05, 4.69) is 4.99 Å². The van der Waals surface area contributed by atoms with Gasteiger partial charge in [-0.05, 0) is 75.7 Å². The first-order chi connectivity index (χ1) is 21.2. The van der Waals surface area contributed by atoms with Gasteiger partial charge in [-0.3, -0.25) is 9.36 Å². The number of fused-ring (bicyclic) bond motifs is 1. The van der Waals surface area contributed by atoms with E-state index in [9.17, 15) is 19.5 Å². The van der Waals surface area contributed by atoms with E-state index in [1.807, 2.05) is 13.8 Å². The summed E-state index contributed by atoms with van der Waals surface area (Å²) in [7, 11) is 0. The molecule has 0 fully saturated rings. The maximum Gasteiger partial charge on any atom is 0.338 e. The predicted octanol–water partition coefficient (Wildman–Crippen LogP) is 5.21. The molecule has 1 aliphatic heterocycles. The molecule has 1 atom stereocenters. The molecule has 0 aliphatic carbocycles. The van der Waals surface area contributed by atoms with Crippen LogP contribution in [-0.4, -0.2) is 41.4 Å². The van der Waals surface area contributed by atoms with Crippen LogP contribution in [0, 0.1) is 0 Å². The molecule has 12 heteroatoms. The minimum atomic E-state index is -1.15. The van der Waals surface area contributed by atoms with Gasteiger partial charge in [-0.1, -0.05) is 29.0 Å². The maximum absolute atomic E-state index is 14.0. The van der Waals surface area contributed by atoms with Crippen LogP contribution < -0.4 is 24.4 Å². The van der Waals surface area contributed by atoms with Crippen molar-refractivity contribution in [1.29, 1.82) is 0 Å². The molecule has 2 aromatic carbocycles. The number of hydrogen-bond acceptors (Lipinski definition) is 9. The molecule has 0 radical (unpaired) electrons. The number of carbonyl (C=O) groups is 2. The lowest BCUT2D eigenvalue weighted by Crippen LogP contribution is -2.40. The monoisotopic (exact) mass is 636 g/mol. The Balaban J connectivity index is 1.63. The highest BCUT2D eigenvalue weighted by atomic mass is 35.5. The Labute approximate surface area is 261 Å². The van der Waals surface area contributed by atoms with E-state index >= 15 is 0 Å². The van der Waals surface area contributed by atoms with Crippen molar-refractivity contribution in [3.63, 3.8) is 0 Å². The van der Waals surface area contributed by atoms with E-state index in [4.69, 9.17) is 30.2 Å². The van der Waals surface area contributed by atoms with Gasteiger partial charge < -0.3 is 23.7 Å². The number of esters is 1. The van der Waals surface area contributed by atoms with Gasteiger partial charge in [0.2, 0.25) is 0 Å². The molecule has 0 amide bonds. The summed E-state index contributed by atoms with van der Waals surface area (Å²) >= 11 is 7.17. The summed E-state index contributed by atoms with van der Waals surface area (Å²) in [5, 5.41) is 9.53. The Bertz CT molecular complexity index is 1970. The normalized spacial score (nSPS) is 14.7. The van der Waals surface area contributed by atoms with E-state index in [0.29, 0.717) is 62.4 Å². The Morgan fingerprint density at radius 2 is 1.80 bits per heavy atom. The zero-order valence-corrected chi connectivity index (χ0v) is 26.0. The number of rotatable bonds is 10. The molecule has 0 saturated carbocycles. The topological polar surface area (TPSA) is 130 Å². The van der Waals surface area contributed by atoms with Gasteiger partial charge >= 0.3 is 11.9 Å². The summed E-state index contributed by atoms with van der Waals surface area (Å²) in [6.45, 7) is 8.15. The number of carboxylic acids is 1. The highest BCUT2D eigenvalue weighted by molar-refractivity contribution is 7.07. The van der Waals surface area contributed by atoms with Crippen LogP contribution in [0.1, 0.15) is 55.4 Å². The van der Waals surface area contributed by atoms with Crippen molar-refractivity contribution < 1.29 is 33.3 Å². The zero-order chi connectivity index (χ0) is 31.5. The van der Waals surface area contributed by atoms with Crippen LogP contribution >= 0.6 is 22.9 Å². The van der Waals surface area contributed by atoms with Gasteiger partial charge in [0.1, 0.15) is 11.5 Å². The summed E-state index contributed by atoms with van der Waals surface area (Å²) in [5.74, 6) is 0.0860. The minimum Gasteiger partial charge on any atom is -0.490 e. The van der Waals surface area contributed by atoms with Crippen molar-refractivity contribution in [2.45, 2.75) is 33.7 Å². The van der Waals surface area contributed by atoms with E-state index in [-0.39, 0.29) is 28.3 Å². The van der Waals surface area contributed by atoms with E-state index in [0.717, 1.165) is 11.3 Å². The second-order valence-electron chi connectivity index (χ2n) is 9.58. The molecular formula is C32H29ClN2O8S. The number of carboxylic acid groups (broad SMARTS) is 1. The summed E-state index contributed by atoms with van der Waals surface area (Å²) in [5.41, 5.74) is 1.39. The number of benzene rings is 2. The highest BCUT2D eigenvalue weighted by Crippen LogP contribution is 2.36. The Hall–Kier alpha value is -4.61. The first kappa shape index (κ1) is 30.8. The molecule has 5 rings (SSSR count). The fourth-order valence-corrected chi connectivity index (χ4v) is 6.13. The number of aromatic carboxylic acids is 1. The van der Waals surface area contributed by atoms with Crippen molar-refractivity contribution in [2.24, 2.45) is 4.99 Å². The van der Waals surface area contributed by atoms with Crippen molar-refractivity contribution in [3.05, 3.63) is 101 Å². The maximum atomic E-state index is 14.0. The van der Waals surface area contributed by atoms with Gasteiger partial charge in [0, 0.05) is 11.6 Å². The summed E-state index contributed by atoms with van der Waals surface area (Å²) in [6.07, 6.45) is 1.59. The van der Waals surface area contributed by atoms with Gasteiger partial charge in [0.05, 0.1) is 52.3 Å². The van der Waals surface area contributed by atoms with Crippen molar-refractivity contribution in [1.82, 2.24) is 4.57 Å². The number of furan rings is 1. The van der Waals surface area contributed by atoms with Gasteiger partial charge in [0.15, 0.2) is 16.3 Å². The summed E-state index contributed by atoms with van der Waals surface area (Å²) < 4.78 is 24.7. The van der Waals surface area contributed by atoms with Gasteiger partial charge in [-0.15, -0.1) is 0 Å². The van der Waals surface area contributed by atoms with Gasteiger partial charge in [-0.2, -0.15) is 0 Å². The third-order valence-electron chi connectivity index (χ3n) is 6.78. The van der Waals surface area contributed by atoms with E-state index in [1.165, 1.54) is 16.7 Å². The van der Waals surface area contributed by atoms with Crippen molar-refractivity contribution in [2.75, 3.05) is 19.8 Å². The highest BCUT2D eigenvalue weighted by Gasteiger charge is 2.34. The minimum absolute atomic E-state index is 0.0509. The number of nitrogens with zero attached hydrogens (tertiary/aromatic N) is 2. The summed E-state index contributed by atoms with van der Waals surface area (Å²) in [6, 6.07) is 12.4. The average molecular weight is 637 g/mol. The molecule has 0 unspecified atom stereocenters. The second kappa shape index (κ2) is 12.9. The first-order valence-electron chi connectivity index (χ1n) is 13.9. The molecule has 228 valence electrons. The number of halogens is 1. The Kier molecular flexibility index (Phi) is 9.07. The SMILES string of the molecule is CCOC(=O)C1=C(C)N=c2s/c(=C\c3ccc(-c4ccc(Cl)c(C(=O)O)c4)o3)c(=O)n2[C@H]1c1ccc(OCC)c(OCC)c1. The Morgan fingerprint density at radius 1 is 1.05 bits per heavy atom. The molecule has 2 aromatic heterocycles. The van der Waals surface area contributed by atoms with Crippen LogP contribution in [0.25, 0.3) is 17.4 Å². The van der Waals surface area contributed by atoms with Crippen molar-refractivity contribution >= 4 is 41.0 Å². The molecule has 0 bridgehead atoms. The molecule has 4 aromatic rings. The Morgan fingerprint density at radius 3 is 2.50 bits per heavy atom. The van der Waals surface area contributed by atoms with Crippen LogP contribution in [0.2, 0.25) is 5.02 Å². The smallest absolute Gasteiger partial charge is 0.338 e. The van der Waals surface area contributed by atoms with Gasteiger partial charge in [-0.25, -0.2) is 14.6 Å².